The van der Waals surface area contributed by atoms with Gasteiger partial charge in [-0.05, 0) is 6.07 Å². The van der Waals surface area contributed by atoms with Gasteiger partial charge in [-0.25, -0.2) is 4.98 Å². The molecule has 0 bridgehead atoms. The third kappa shape index (κ3) is 3.08. The van der Waals surface area contributed by atoms with Crippen molar-refractivity contribution in [2.45, 2.75) is 0 Å². The van der Waals surface area contributed by atoms with Gasteiger partial charge in [-0.3, -0.25) is 4.79 Å². The second-order valence-corrected chi connectivity index (χ2v) is 3.36. The van der Waals surface area contributed by atoms with Crippen LogP contribution < -0.4 is 9.80 Å². The molecule has 0 saturated carbocycles. The molecule has 82 valence electrons. The van der Waals surface area contributed by atoms with Gasteiger partial charge in [0.1, 0.15) is 12.4 Å². The lowest BCUT2D eigenvalue weighted by Crippen LogP contribution is -2.27. The second-order valence-electron chi connectivity index (χ2n) is 3.36. The van der Waals surface area contributed by atoms with Crippen LogP contribution in [0.15, 0.2) is 12.3 Å². The third-order valence-corrected chi connectivity index (χ3v) is 1.80. The molecule has 1 N–H and O–H groups in total. The highest BCUT2D eigenvalue weighted by molar-refractivity contribution is 5.72. The summed E-state index contributed by atoms with van der Waals surface area (Å²) in [7, 11) is 5.37. The molecule has 0 amide bonds. The van der Waals surface area contributed by atoms with Crippen molar-refractivity contribution in [3.63, 3.8) is 0 Å². The number of rotatable bonds is 4. The topological polar surface area (TPSA) is 69.6 Å². The summed E-state index contributed by atoms with van der Waals surface area (Å²) >= 11 is 0. The minimum absolute atomic E-state index is 0.114. The van der Waals surface area contributed by atoms with E-state index in [1.54, 1.807) is 19.3 Å². The van der Waals surface area contributed by atoms with Crippen LogP contribution in [0.5, 0.6) is 0 Å². The molecule has 0 aliphatic rings. The molecule has 0 atom stereocenters. The van der Waals surface area contributed by atoms with Crippen molar-refractivity contribution >= 4 is 17.7 Å². The van der Waals surface area contributed by atoms with Gasteiger partial charge in [-0.15, -0.1) is 0 Å². The SMILES string of the molecule is CN(C)c1ccnc(N(C)CC(=O)O)n1. The molecule has 6 heteroatoms. The quantitative estimate of drug-likeness (QED) is 0.758. The number of anilines is 2. The molecular formula is C9H14N4O2. The second kappa shape index (κ2) is 4.59. The molecule has 0 fully saturated rings. The van der Waals surface area contributed by atoms with Gasteiger partial charge in [0.05, 0.1) is 0 Å². The van der Waals surface area contributed by atoms with Crippen LogP contribution >= 0.6 is 0 Å². The number of nitrogens with zero attached hydrogens (tertiary/aromatic N) is 4. The van der Waals surface area contributed by atoms with Crippen LogP contribution in [0.1, 0.15) is 0 Å². The lowest BCUT2D eigenvalue weighted by Gasteiger charge is -2.17. The van der Waals surface area contributed by atoms with Crippen molar-refractivity contribution in [3.8, 4) is 0 Å². The first-order valence-electron chi connectivity index (χ1n) is 4.44. The van der Waals surface area contributed by atoms with E-state index in [0.717, 1.165) is 5.82 Å². The number of carbonyl (C=O) groups is 1. The molecule has 15 heavy (non-hydrogen) atoms. The maximum absolute atomic E-state index is 10.5. The number of hydrogen-bond donors (Lipinski definition) is 1. The van der Waals surface area contributed by atoms with Crippen LogP contribution in [0.4, 0.5) is 11.8 Å². The lowest BCUT2D eigenvalue weighted by molar-refractivity contribution is -0.135. The normalized spacial score (nSPS) is 9.80. The molecule has 0 aromatic carbocycles. The fraction of sp³-hybridized carbons (Fsp3) is 0.444. The van der Waals surface area contributed by atoms with E-state index in [9.17, 15) is 4.79 Å². The van der Waals surface area contributed by atoms with E-state index in [1.807, 2.05) is 19.0 Å². The average Bonchev–Trinajstić information content (AvgIpc) is 2.17. The Balaban J connectivity index is 2.85. The lowest BCUT2D eigenvalue weighted by atomic mass is 10.5. The van der Waals surface area contributed by atoms with Crippen molar-refractivity contribution in [2.24, 2.45) is 0 Å². The van der Waals surface area contributed by atoms with Crippen molar-refractivity contribution in [2.75, 3.05) is 37.5 Å². The molecular weight excluding hydrogens is 196 g/mol. The van der Waals surface area contributed by atoms with Gasteiger partial charge in [0.2, 0.25) is 5.95 Å². The van der Waals surface area contributed by atoms with Crippen LogP contribution in [0.3, 0.4) is 0 Å². The van der Waals surface area contributed by atoms with E-state index in [0.29, 0.717) is 5.95 Å². The summed E-state index contributed by atoms with van der Waals surface area (Å²) in [6, 6.07) is 1.76. The predicted octanol–water partition coefficient (Wildman–Crippen LogP) is 0.0634. The first kappa shape index (κ1) is 11.2. The first-order chi connectivity index (χ1) is 7.00. The summed E-state index contributed by atoms with van der Waals surface area (Å²) in [5.74, 6) is 0.247. The fourth-order valence-corrected chi connectivity index (χ4v) is 1.05. The Hall–Kier alpha value is -1.85. The minimum Gasteiger partial charge on any atom is -0.480 e. The summed E-state index contributed by atoms with van der Waals surface area (Å²) in [6.07, 6.45) is 1.61. The molecule has 1 rings (SSSR count). The Morgan fingerprint density at radius 3 is 2.67 bits per heavy atom. The van der Waals surface area contributed by atoms with E-state index in [2.05, 4.69) is 9.97 Å². The Labute approximate surface area is 88.2 Å². The van der Waals surface area contributed by atoms with Gasteiger partial charge >= 0.3 is 5.97 Å². The maximum atomic E-state index is 10.5. The molecule has 0 radical (unpaired) electrons. The molecule has 0 saturated heterocycles. The van der Waals surface area contributed by atoms with Crippen molar-refractivity contribution in [1.82, 2.24) is 9.97 Å². The molecule has 1 aromatic rings. The number of carboxylic acids is 1. The summed E-state index contributed by atoms with van der Waals surface area (Å²) in [5, 5.41) is 8.62. The highest BCUT2D eigenvalue weighted by atomic mass is 16.4. The molecule has 1 heterocycles. The zero-order chi connectivity index (χ0) is 11.4. The third-order valence-electron chi connectivity index (χ3n) is 1.80. The van der Waals surface area contributed by atoms with Crippen LogP contribution in [-0.2, 0) is 4.79 Å². The summed E-state index contributed by atoms with van der Waals surface area (Å²) in [6.45, 7) is -0.114. The zero-order valence-corrected chi connectivity index (χ0v) is 9.01. The number of likely N-dealkylation sites (N-methyl/N-ethyl adjacent to an activating group) is 1. The van der Waals surface area contributed by atoms with E-state index in [1.165, 1.54) is 4.90 Å². The number of aliphatic carboxylic acids is 1. The average molecular weight is 210 g/mol. The van der Waals surface area contributed by atoms with Crippen molar-refractivity contribution in [3.05, 3.63) is 12.3 Å². The Morgan fingerprint density at radius 1 is 1.47 bits per heavy atom. The minimum atomic E-state index is -0.906. The highest BCUT2D eigenvalue weighted by Crippen LogP contribution is 2.10. The van der Waals surface area contributed by atoms with E-state index >= 15 is 0 Å². The van der Waals surface area contributed by atoms with Gasteiger partial charge in [0.25, 0.3) is 0 Å². The molecule has 1 aromatic heterocycles. The van der Waals surface area contributed by atoms with Gasteiger partial charge in [-0.1, -0.05) is 0 Å². The monoisotopic (exact) mass is 210 g/mol. The van der Waals surface area contributed by atoms with Crippen LogP contribution in [0.25, 0.3) is 0 Å². The number of carboxylic acid groups (broad SMARTS) is 1. The number of aromatic nitrogens is 2. The maximum Gasteiger partial charge on any atom is 0.323 e. The highest BCUT2D eigenvalue weighted by Gasteiger charge is 2.09. The van der Waals surface area contributed by atoms with Crippen LogP contribution in [0, 0.1) is 0 Å². The fourth-order valence-electron chi connectivity index (χ4n) is 1.05. The van der Waals surface area contributed by atoms with E-state index in [-0.39, 0.29) is 6.54 Å². The van der Waals surface area contributed by atoms with Crippen molar-refractivity contribution < 1.29 is 9.90 Å². The van der Waals surface area contributed by atoms with Gasteiger partial charge in [0.15, 0.2) is 0 Å². The summed E-state index contributed by atoms with van der Waals surface area (Å²) in [4.78, 5) is 22.0. The first-order valence-corrected chi connectivity index (χ1v) is 4.44. The van der Waals surface area contributed by atoms with Gasteiger partial charge < -0.3 is 14.9 Å². The summed E-state index contributed by atoms with van der Waals surface area (Å²) in [5.41, 5.74) is 0. The van der Waals surface area contributed by atoms with E-state index in [4.69, 9.17) is 5.11 Å². The standard InChI is InChI=1S/C9H14N4O2/c1-12(2)7-4-5-10-9(11-7)13(3)6-8(14)15/h4-5H,6H2,1-3H3,(H,14,15). The predicted molar refractivity (Wildman–Crippen MR) is 57.3 cm³/mol. The Morgan fingerprint density at radius 2 is 2.13 bits per heavy atom. The van der Waals surface area contributed by atoms with Gasteiger partial charge in [-0.2, -0.15) is 4.98 Å². The van der Waals surface area contributed by atoms with Crippen LogP contribution in [-0.4, -0.2) is 48.7 Å². The van der Waals surface area contributed by atoms with Crippen molar-refractivity contribution in [1.29, 1.82) is 0 Å². The molecule has 0 aliphatic heterocycles. The molecule has 0 spiro atoms. The largest absolute Gasteiger partial charge is 0.480 e. The smallest absolute Gasteiger partial charge is 0.323 e. The van der Waals surface area contributed by atoms with Crippen LogP contribution in [0.2, 0.25) is 0 Å². The van der Waals surface area contributed by atoms with E-state index < -0.39 is 5.97 Å². The molecule has 0 unspecified atom stereocenters. The summed E-state index contributed by atoms with van der Waals surface area (Å²) < 4.78 is 0. The van der Waals surface area contributed by atoms with Gasteiger partial charge in [0, 0.05) is 27.3 Å². The molecule has 0 aliphatic carbocycles. The Bertz CT molecular complexity index is 354. The molecule has 6 nitrogen and oxygen atoms in total. The Kier molecular flexibility index (Phi) is 3.43. The zero-order valence-electron chi connectivity index (χ0n) is 9.01. The number of hydrogen-bond acceptors (Lipinski definition) is 5.